The predicted octanol–water partition coefficient (Wildman–Crippen LogP) is 2.51. The van der Waals surface area contributed by atoms with Gasteiger partial charge in [0, 0.05) is 25.7 Å². The molecule has 0 aliphatic heterocycles. The number of hydrogen-bond donors (Lipinski definition) is 0. The average Bonchev–Trinajstić information content (AvgIpc) is 2.92. The van der Waals surface area contributed by atoms with E-state index in [1.807, 2.05) is 0 Å². The molecule has 1 unspecified atom stereocenters. The van der Waals surface area contributed by atoms with E-state index in [0.29, 0.717) is 85.3 Å². The van der Waals surface area contributed by atoms with Gasteiger partial charge < -0.3 is 33.2 Å². The Morgan fingerprint density at radius 2 is 1.34 bits per heavy atom. The molecule has 0 aromatic heterocycles. The summed E-state index contributed by atoms with van der Waals surface area (Å²) in [6.07, 6.45) is 9.19. The number of nitriles is 1. The first kappa shape index (κ1) is 35.2. The van der Waals surface area contributed by atoms with Gasteiger partial charge in [-0.25, -0.2) is 14.6 Å². The van der Waals surface area contributed by atoms with Crippen LogP contribution in [0.25, 0.3) is 0 Å². The number of carbonyl (C=O) groups is 2. The normalized spacial score (nSPS) is 11.1. The third-order valence-electron chi connectivity index (χ3n) is 5.03. The number of rotatable bonds is 28. The minimum absolute atomic E-state index is 0.189. The van der Waals surface area contributed by atoms with Crippen LogP contribution in [0.5, 0.6) is 0 Å². The van der Waals surface area contributed by atoms with Gasteiger partial charge >= 0.3 is 11.9 Å². The zero-order valence-electron chi connectivity index (χ0n) is 22.3. The molecular weight excluding hydrogens is 500 g/mol. The Balaban J connectivity index is 3.44. The van der Waals surface area contributed by atoms with Crippen LogP contribution >= 0.6 is 0 Å². The Kier molecular flexibility index (Phi) is 26.6. The van der Waals surface area contributed by atoms with Gasteiger partial charge in [-0.1, -0.05) is 13.0 Å². The highest BCUT2D eigenvalue weighted by atomic mass is 16.6. The summed E-state index contributed by atoms with van der Waals surface area (Å²) in [6.45, 7) is 7.88. The third kappa shape index (κ3) is 26.3. The van der Waals surface area contributed by atoms with Crippen LogP contribution < -0.4 is 0 Å². The average molecular weight is 543 g/mol. The second-order valence-electron chi connectivity index (χ2n) is 8.02. The van der Waals surface area contributed by atoms with Crippen LogP contribution in [-0.4, -0.2) is 97.2 Å². The molecule has 0 N–H and O–H groups in total. The molecule has 0 saturated carbocycles. The van der Waals surface area contributed by atoms with E-state index in [-0.39, 0.29) is 25.1 Å². The number of nitrogens with zero attached hydrogens (tertiary/aromatic N) is 2. The molecule has 0 amide bonds. The highest BCUT2D eigenvalue weighted by molar-refractivity contribution is 5.81. The summed E-state index contributed by atoms with van der Waals surface area (Å²) < 4.78 is 36.1. The molecule has 0 radical (unpaired) electrons. The Morgan fingerprint density at radius 3 is 1.95 bits per heavy atom. The van der Waals surface area contributed by atoms with E-state index in [4.69, 9.17) is 33.7 Å². The topological polar surface area (TPSA) is 152 Å². The zero-order chi connectivity index (χ0) is 27.9. The second kappa shape index (κ2) is 28.8. The van der Waals surface area contributed by atoms with Crippen LogP contribution in [0.15, 0.2) is 17.6 Å². The van der Waals surface area contributed by atoms with Crippen LogP contribution in [-0.2, 0) is 47.5 Å². The van der Waals surface area contributed by atoms with E-state index in [2.05, 4.69) is 16.3 Å². The lowest BCUT2D eigenvalue weighted by Crippen LogP contribution is -2.14. The van der Waals surface area contributed by atoms with Crippen molar-refractivity contribution < 1.29 is 47.5 Å². The highest BCUT2D eigenvalue weighted by Gasteiger charge is 2.10. The number of unbranched alkanes of at least 4 members (excludes halogenated alkanes) is 1. The molecule has 0 aliphatic carbocycles. The monoisotopic (exact) mass is 542 g/mol. The number of hydrogen-bond acceptors (Lipinski definition) is 12. The summed E-state index contributed by atoms with van der Waals surface area (Å²) in [6, 6.07) is 0. The molecule has 0 rings (SSSR count). The first-order valence-corrected chi connectivity index (χ1v) is 12.9. The van der Waals surface area contributed by atoms with Gasteiger partial charge in [0.2, 0.25) is 6.08 Å². The smallest absolute Gasteiger partial charge is 0.330 e. The van der Waals surface area contributed by atoms with Crippen molar-refractivity contribution in [2.45, 2.75) is 44.9 Å². The minimum atomic E-state index is -0.468. The molecule has 1 atom stereocenters. The summed E-state index contributed by atoms with van der Waals surface area (Å²) in [5, 5.41) is 8.38. The van der Waals surface area contributed by atoms with Crippen molar-refractivity contribution >= 4 is 18.0 Å². The SMILES string of the molecule is C=CC(=O)OCCOCCOCCCOCCOCCOC(=O)CCCCC(CCCOC#N)CN=C=O. The Bertz CT molecular complexity index is 692. The third-order valence-corrected chi connectivity index (χ3v) is 5.03. The number of esters is 2. The zero-order valence-corrected chi connectivity index (χ0v) is 22.3. The Morgan fingerprint density at radius 1 is 0.763 bits per heavy atom. The molecule has 0 spiro atoms. The minimum Gasteiger partial charge on any atom is -0.463 e. The van der Waals surface area contributed by atoms with E-state index < -0.39 is 5.97 Å². The van der Waals surface area contributed by atoms with Crippen molar-refractivity contribution in [2.24, 2.45) is 10.9 Å². The summed E-state index contributed by atoms with van der Waals surface area (Å²) in [4.78, 5) is 36.7. The lowest BCUT2D eigenvalue weighted by Gasteiger charge is -2.13. The number of ether oxygens (including phenoxy) is 7. The molecule has 0 aromatic carbocycles. The molecule has 0 fully saturated rings. The van der Waals surface area contributed by atoms with E-state index >= 15 is 0 Å². The summed E-state index contributed by atoms with van der Waals surface area (Å²) in [5.74, 6) is -0.536. The quantitative estimate of drug-likeness (QED) is 0.0358. The number of isocyanates is 1. The molecule has 38 heavy (non-hydrogen) atoms. The van der Waals surface area contributed by atoms with E-state index in [9.17, 15) is 14.4 Å². The maximum Gasteiger partial charge on any atom is 0.330 e. The van der Waals surface area contributed by atoms with E-state index in [1.54, 1.807) is 12.3 Å². The van der Waals surface area contributed by atoms with Crippen LogP contribution in [0.2, 0.25) is 0 Å². The van der Waals surface area contributed by atoms with Crippen LogP contribution in [0.4, 0.5) is 0 Å². The number of carbonyl (C=O) groups excluding carboxylic acids is 3. The Labute approximate surface area is 225 Å². The van der Waals surface area contributed by atoms with Gasteiger partial charge in [0.1, 0.15) is 19.8 Å². The van der Waals surface area contributed by atoms with Gasteiger partial charge in [-0.2, -0.15) is 5.26 Å². The maximum atomic E-state index is 11.8. The van der Waals surface area contributed by atoms with Crippen LogP contribution in [0.3, 0.4) is 0 Å². The molecule has 0 heterocycles. The fraction of sp³-hybridized carbons (Fsp3) is 0.769. The van der Waals surface area contributed by atoms with Crippen molar-refractivity contribution in [3.8, 4) is 6.26 Å². The molecule has 216 valence electrons. The van der Waals surface area contributed by atoms with E-state index in [0.717, 1.165) is 31.8 Å². The standard InChI is InChI=1S/C26H42N2O10/c1-2-25(30)37-19-17-34-15-13-32-11-6-12-33-14-16-35-18-20-38-26(31)9-4-3-7-24(21-28-23-29)8-5-10-36-22-27/h2,24H,1,3-21H2. The maximum absolute atomic E-state index is 11.8. The Hall–Kier alpha value is -2.81. The first-order chi connectivity index (χ1) is 18.6. The number of aliphatic imine (C=N–C) groups is 1. The largest absolute Gasteiger partial charge is 0.463 e. The summed E-state index contributed by atoms with van der Waals surface area (Å²) >= 11 is 0. The second-order valence-corrected chi connectivity index (χ2v) is 8.02. The molecule has 12 heteroatoms. The lowest BCUT2D eigenvalue weighted by atomic mass is 9.96. The van der Waals surface area contributed by atoms with Crippen LogP contribution in [0.1, 0.15) is 44.9 Å². The highest BCUT2D eigenvalue weighted by Crippen LogP contribution is 2.16. The summed E-state index contributed by atoms with van der Waals surface area (Å²) in [5.41, 5.74) is 0. The van der Waals surface area contributed by atoms with Crippen molar-refractivity contribution in [3.05, 3.63) is 12.7 Å². The fourth-order valence-electron chi connectivity index (χ4n) is 3.14. The van der Waals surface area contributed by atoms with E-state index in [1.165, 1.54) is 0 Å². The molecule has 0 bridgehead atoms. The molecule has 0 aromatic rings. The van der Waals surface area contributed by atoms with Crippen LogP contribution in [0, 0.1) is 17.4 Å². The predicted molar refractivity (Wildman–Crippen MR) is 136 cm³/mol. The van der Waals surface area contributed by atoms with Gasteiger partial charge in [0.15, 0.2) is 0 Å². The molecule has 0 aliphatic rings. The first-order valence-electron chi connectivity index (χ1n) is 12.9. The van der Waals surface area contributed by atoms with Gasteiger partial charge in [0.05, 0.1) is 46.2 Å². The molecular formula is C26H42N2O10. The van der Waals surface area contributed by atoms with Crippen molar-refractivity contribution in [1.29, 1.82) is 5.26 Å². The molecule has 0 saturated heterocycles. The fourth-order valence-corrected chi connectivity index (χ4v) is 3.14. The van der Waals surface area contributed by atoms with Gasteiger partial charge in [-0.05, 0) is 38.0 Å². The lowest BCUT2D eigenvalue weighted by molar-refractivity contribution is -0.145. The van der Waals surface area contributed by atoms with Gasteiger partial charge in [-0.3, -0.25) is 4.79 Å². The molecule has 12 nitrogen and oxygen atoms in total. The van der Waals surface area contributed by atoms with Crippen molar-refractivity contribution in [2.75, 3.05) is 79.2 Å². The van der Waals surface area contributed by atoms with Gasteiger partial charge in [-0.15, -0.1) is 0 Å². The van der Waals surface area contributed by atoms with Gasteiger partial charge in [0.25, 0.3) is 6.26 Å². The van der Waals surface area contributed by atoms with Crippen molar-refractivity contribution in [3.63, 3.8) is 0 Å². The van der Waals surface area contributed by atoms with Crippen molar-refractivity contribution in [1.82, 2.24) is 0 Å². The summed E-state index contributed by atoms with van der Waals surface area (Å²) in [7, 11) is 0.